The summed E-state index contributed by atoms with van der Waals surface area (Å²) in [4.78, 5) is 12.1. The summed E-state index contributed by atoms with van der Waals surface area (Å²) in [5.74, 6) is -0.223. The van der Waals surface area contributed by atoms with Gasteiger partial charge in [-0.25, -0.2) is 0 Å². The standard InChI is InChI=1S/C42H70O4/c1-3-5-7-9-11-13-15-16-17-18-19-20-21-22-23-24-25-26-27-28-30-32-34-36-38-45-40-41(39-43)46-42(44)37-35-33-31-29-14-12-10-8-6-4-2/h5,7,11,13,16-17,19-20,22-23,25-26,28,30,41,43H,3-4,6,8-10,12,14-15,18,21,24,27,29,31-40H2,1-2H3/b7-5-,13-11-,17-16-,20-19-,23-22-,26-25-,30-28-. The van der Waals surface area contributed by atoms with Crippen LogP contribution in [-0.4, -0.2) is 37.0 Å². The fourth-order valence-corrected chi connectivity index (χ4v) is 4.72. The van der Waals surface area contributed by atoms with Gasteiger partial charge < -0.3 is 14.6 Å². The van der Waals surface area contributed by atoms with E-state index in [2.05, 4.69) is 98.9 Å². The van der Waals surface area contributed by atoms with Crippen LogP contribution >= 0.6 is 0 Å². The molecule has 0 fully saturated rings. The van der Waals surface area contributed by atoms with Gasteiger partial charge in [0.2, 0.25) is 0 Å². The number of unbranched alkanes of at least 4 members (excludes halogenated alkanes) is 11. The molecule has 1 atom stereocenters. The number of rotatable bonds is 33. The van der Waals surface area contributed by atoms with E-state index in [0.29, 0.717) is 13.0 Å². The molecule has 0 aromatic rings. The topological polar surface area (TPSA) is 55.8 Å². The third-order valence-corrected chi connectivity index (χ3v) is 7.48. The minimum Gasteiger partial charge on any atom is -0.457 e. The van der Waals surface area contributed by atoms with Gasteiger partial charge in [-0.05, 0) is 70.6 Å². The number of carbonyl (C=O) groups excluding carboxylic acids is 1. The van der Waals surface area contributed by atoms with Crippen LogP contribution in [0.15, 0.2) is 85.1 Å². The number of esters is 1. The van der Waals surface area contributed by atoms with Crippen LogP contribution in [0.3, 0.4) is 0 Å². The lowest BCUT2D eigenvalue weighted by Gasteiger charge is -2.15. The van der Waals surface area contributed by atoms with Gasteiger partial charge in [-0.2, -0.15) is 0 Å². The molecule has 0 aromatic carbocycles. The summed E-state index contributed by atoms with van der Waals surface area (Å²) in [7, 11) is 0. The molecule has 4 heteroatoms. The smallest absolute Gasteiger partial charge is 0.306 e. The van der Waals surface area contributed by atoms with E-state index >= 15 is 0 Å². The zero-order valence-corrected chi connectivity index (χ0v) is 29.8. The molecule has 0 saturated heterocycles. The van der Waals surface area contributed by atoms with E-state index in [0.717, 1.165) is 77.0 Å². The second-order valence-corrected chi connectivity index (χ2v) is 11.9. The van der Waals surface area contributed by atoms with Crippen molar-refractivity contribution in [2.45, 2.75) is 155 Å². The molecule has 0 aliphatic carbocycles. The Morgan fingerprint density at radius 1 is 0.543 bits per heavy atom. The van der Waals surface area contributed by atoms with Crippen LogP contribution in [0.2, 0.25) is 0 Å². The van der Waals surface area contributed by atoms with Gasteiger partial charge in [0.15, 0.2) is 0 Å². The van der Waals surface area contributed by atoms with Crippen LogP contribution in [0, 0.1) is 0 Å². The highest BCUT2D eigenvalue weighted by Gasteiger charge is 2.13. The SMILES string of the molecule is CC/C=C\C/C=C\C/C=C\C/C=C\C/C=C\C/C=C\C/C=C\CCCCOCC(CO)OC(=O)CCCCCCCCCCCC. The third kappa shape index (κ3) is 36.0. The first-order valence-corrected chi connectivity index (χ1v) is 18.7. The summed E-state index contributed by atoms with van der Waals surface area (Å²) in [6, 6.07) is 0. The Bertz CT molecular complexity index is 846. The van der Waals surface area contributed by atoms with Gasteiger partial charge in [-0.1, -0.05) is 157 Å². The molecule has 0 radical (unpaired) electrons. The Morgan fingerprint density at radius 3 is 1.43 bits per heavy atom. The molecule has 4 nitrogen and oxygen atoms in total. The van der Waals surface area contributed by atoms with Crippen molar-refractivity contribution < 1.29 is 19.4 Å². The number of allylic oxidation sites excluding steroid dienone is 14. The van der Waals surface area contributed by atoms with Crippen molar-refractivity contribution in [3.05, 3.63) is 85.1 Å². The molecule has 0 saturated carbocycles. The van der Waals surface area contributed by atoms with E-state index in [4.69, 9.17) is 9.47 Å². The molecule has 1 N–H and O–H groups in total. The molecule has 0 aliphatic rings. The largest absolute Gasteiger partial charge is 0.457 e. The van der Waals surface area contributed by atoms with Gasteiger partial charge in [0.1, 0.15) is 6.10 Å². The van der Waals surface area contributed by atoms with Crippen LogP contribution in [0.25, 0.3) is 0 Å². The normalized spacial score (nSPS) is 13.4. The van der Waals surface area contributed by atoms with E-state index in [1.165, 1.54) is 51.4 Å². The average Bonchev–Trinajstić information content (AvgIpc) is 3.06. The summed E-state index contributed by atoms with van der Waals surface area (Å²) < 4.78 is 11.0. The molecule has 0 amide bonds. The molecule has 0 aliphatic heterocycles. The molecular formula is C42H70O4. The summed E-state index contributed by atoms with van der Waals surface area (Å²) in [5, 5.41) is 9.53. The minimum absolute atomic E-state index is 0.193. The summed E-state index contributed by atoms with van der Waals surface area (Å²) in [5.41, 5.74) is 0. The van der Waals surface area contributed by atoms with Crippen molar-refractivity contribution in [1.29, 1.82) is 0 Å². The summed E-state index contributed by atoms with van der Waals surface area (Å²) in [6.45, 7) is 5.10. The lowest BCUT2D eigenvalue weighted by atomic mass is 10.1. The second kappa shape index (κ2) is 38.8. The maximum absolute atomic E-state index is 12.1. The predicted molar refractivity (Wildman–Crippen MR) is 200 cm³/mol. The van der Waals surface area contributed by atoms with Gasteiger partial charge >= 0.3 is 5.97 Å². The molecule has 0 spiro atoms. The van der Waals surface area contributed by atoms with E-state index in [-0.39, 0.29) is 19.2 Å². The molecule has 0 bridgehead atoms. The highest BCUT2D eigenvalue weighted by molar-refractivity contribution is 5.69. The second-order valence-electron chi connectivity index (χ2n) is 11.9. The Labute approximate surface area is 284 Å². The molecule has 0 rings (SSSR count). The van der Waals surface area contributed by atoms with Gasteiger partial charge in [-0.15, -0.1) is 0 Å². The van der Waals surface area contributed by atoms with Crippen LogP contribution in [0.5, 0.6) is 0 Å². The van der Waals surface area contributed by atoms with Crippen molar-refractivity contribution >= 4 is 5.97 Å². The van der Waals surface area contributed by atoms with Crippen LogP contribution in [0.4, 0.5) is 0 Å². The lowest BCUT2D eigenvalue weighted by Crippen LogP contribution is -2.27. The highest BCUT2D eigenvalue weighted by Crippen LogP contribution is 2.12. The molecule has 1 unspecified atom stereocenters. The first-order chi connectivity index (χ1) is 22.7. The Morgan fingerprint density at radius 2 is 0.978 bits per heavy atom. The van der Waals surface area contributed by atoms with Crippen LogP contribution < -0.4 is 0 Å². The lowest BCUT2D eigenvalue weighted by molar-refractivity contribution is -0.154. The van der Waals surface area contributed by atoms with Crippen molar-refractivity contribution in [3.63, 3.8) is 0 Å². The average molecular weight is 639 g/mol. The van der Waals surface area contributed by atoms with Crippen LogP contribution in [0.1, 0.15) is 149 Å². The van der Waals surface area contributed by atoms with Crippen LogP contribution in [-0.2, 0) is 14.3 Å². The number of hydrogen-bond acceptors (Lipinski definition) is 4. The molecule has 0 heterocycles. The summed E-state index contributed by atoms with van der Waals surface area (Å²) in [6.07, 6.45) is 53.5. The maximum Gasteiger partial charge on any atom is 0.306 e. The Kier molecular flexibility index (Phi) is 36.7. The van der Waals surface area contributed by atoms with E-state index in [1.54, 1.807) is 0 Å². The zero-order chi connectivity index (χ0) is 33.4. The van der Waals surface area contributed by atoms with E-state index in [9.17, 15) is 9.90 Å². The summed E-state index contributed by atoms with van der Waals surface area (Å²) >= 11 is 0. The minimum atomic E-state index is -0.558. The monoisotopic (exact) mass is 639 g/mol. The molecule has 262 valence electrons. The first-order valence-electron chi connectivity index (χ1n) is 18.7. The van der Waals surface area contributed by atoms with Crippen molar-refractivity contribution in [2.75, 3.05) is 19.8 Å². The van der Waals surface area contributed by atoms with Crippen molar-refractivity contribution in [3.8, 4) is 0 Å². The first kappa shape index (κ1) is 43.6. The van der Waals surface area contributed by atoms with E-state index < -0.39 is 6.10 Å². The number of carbonyl (C=O) groups is 1. The fourth-order valence-electron chi connectivity index (χ4n) is 4.72. The molecular weight excluding hydrogens is 568 g/mol. The number of aliphatic hydroxyl groups excluding tert-OH is 1. The quantitative estimate of drug-likeness (QED) is 0.0441. The van der Waals surface area contributed by atoms with Crippen molar-refractivity contribution in [2.24, 2.45) is 0 Å². The number of hydrogen-bond donors (Lipinski definition) is 1. The van der Waals surface area contributed by atoms with Gasteiger partial charge in [0, 0.05) is 13.0 Å². The number of ether oxygens (including phenoxy) is 2. The van der Waals surface area contributed by atoms with Gasteiger partial charge in [0.25, 0.3) is 0 Å². The maximum atomic E-state index is 12.1. The van der Waals surface area contributed by atoms with E-state index in [1.807, 2.05) is 0 Å². The van der Waals surface area contributed by atoms with Crippen molar-refractivity contribution in [1.82, 2.24) is 0 Å². The Balaban J connectivity index is 3.61. The third-order valence-electron chi connectivity index (χ3n) is 7.48. The van der Waals surface area contributed by atoms with Gasteiger partial charge in [-0.3, -0.25) is 4.79 Å². The fraction of sp³-hybridized carbons (Fsp3) is 0.643. The zero-order valence-electron chi connectivity index (χ0n) is 29.8. The predicted octanol–water partition coefficient (Wildman–Crippen LogP) is 12.0. The molecule has 46 heavy (non-hydrogen) atoms. The van der Waals surface area contributed by atoms with Gasteiger partial charge in [0.05, 0.1) is 13.2 Å². The highest BCUT2D eigenvalue weighted by atomic mass is 16.6. The molecule has 0 aromatic heterocycles. The number of aliphatic hydroxyl groups is 1. The Hall–Kier alpha value is -2.43.